The minimum Gasteiger partial charge on any atom is -0.350 e. The Labute approximate surface area is 163 Å². The number of nitrogens with one attached hydrogen (secondary N) is 2. The zero-order valence-corrected chi connectivity index (χ0v) is 15.6. The van der Waals surface area contributed by atoms with Gasteiger partial charge >= 0.3 is 0 Å². The summed E-state index contributed by atoms with van der Waals surface area (Å²) in [6.45, 7) is 1.99. The van der Waals surface area contributed by atoms with Gasteiger partial charge in [0, 0.05) is 24.4 Å². The van der Waals surface area contributed by atoms with Crippen molar-refractivity contribution in [2.45, 2.75) is 19.5 Å². The van der Waals surface area contributed by atoms with Crippen LogP contribution in [-0.2, 0) is 16.1 Å². The third-order valence-electron chi connectivity index (χ3n) is 4.10. The van der Waals surface area contributed by atoms with Crippen LogP contribution < -0.4 is 10.6 Å². The average molecular weight is 374 g/mol. The molecule has 0 saturated heterocycles. The monoisotopic (exact) mass is 374 g/mol. The number of carbonyl (C=O) groups is 2. The minimum absolute atomic E-state index is 0.256. The van der Waals surface area contributed by atoms with E-state index < -0.39 is 6.04 Å². The lowest BCUT2D eigenvalue weighted by Crippen LogP contribution is -2.44. The van der Waals surface area contributed by atoms with Gasteiger partial charge in [-0.1, -0.05) is 48.5 Å². The Kier molecular flexibility index (Phi) is 6.36. The molecule has 0 fully saturated rings. The molecule has 6 nitrogen and oxygen atoms in total. The first-order valence-corrected chi connectivity index (χ1v) is 9.02. The summed E-state index contributed by atoms with van der Waals surface area (Å²) in [6.07, 6.45) is 6.70. The summed E-state index contributed by atoms with van der Waals surface area (Å²) in [7, 11) is 0. The van der Waals surface area contributed by atoms with Crippen molar-refractivity contribution in [2.24, 2.45) is 0 Å². The van der Waals surface area contributed by atoms with Gasteiger partial charge in [0.2, 0.25) is 11.8 Å². The van der Waals surface area contributed by atoms with E-state index in [2.05, 4.69) is 15.7 Å². The number of aromatic nitrogens is 2. The molecule has 0 aliphatic carbocycles. The van der Waals surface area contributed by atoms with E-state index in [1.807, 2.05) is 66.9 Å². The Hall–Kier alpha value is -3.67. The Morgan fingerprint density at radius 3 is 2.46 bits per heavy atom. The van der Waals surface area contributed by atoms with Gasteiger partial charge in [-0.05, 0) is 30.7 Å². The quantitative estimate of drug-likeness (QED) is 0.625. The molecule has 2 aromatic carbocycles. The van der Waals surface area contributed by atoms with E-state index in [9.17, 15) is 9.59 Å². The van der Waals surface area contributed by atoms with Crippen molar-refractivity contribution in [2.75, 3.05) is 0 Å². The fourth-order valence-corrected chi connectivity index (χ4v) is 2.58. The first-order valence-electron chi connectivity index (χ1n) is 9.02. The first-order chi connectivity index (χ1) is 13.6. The van der Waals surface area contributed by atoms with Crippen molar-refractivity contribution in [3.8, 4) is 5.69 Å². The smallest absolute Gasteiger partial charge is 0.244 e. The molecule has 0 saturated carbocycles. The van der Waals surface area contributed by atoms with Gasteiger partial charge in [0.25, 0.3) is 0 Å². The molecule has 28 heavy (non-hydrogen) atoms. The summed E-state index contributed by atoms with van der Waals surface area (Å²) in [5.74, 6) is -0.572. The predicted molar refractivity (Wildman–Crippen MR) is 108 cm³/mol. The normalized spacial score (nSPS) is 11.9. The lowest BCUT2D eigenvalue weighted by molar-refractivity contribution is -0.126. The Morgan fingerprint density at radius 1 is 1.07 bits per heavy atom. The molecule has 1 heterocycles. The van der Waals surface area contributed by atoms with Gasteiger partial charge < -0.3 is 10.6 Å². The highest BCUT2D eigenvalue weighted by molar-refractivity contribution is 5.95. The number of para-hydroxylation sites is 1. The first kappa shape index (κ1) is 19.1. The maximum Gasteiger partial charge on any atom is 0.244 e. The highest BCUT2D eigenvalue weighted by Gasteiger charge is 2.14. The molecule has 1 unspecified atom stereocenters. The Morgan fingerprint density at radius 2 is 1.75 bits per heavy atom. The van der Waals surface area contributed by atoms with Crippen molar-refractivity contribution in [3.63, 3.8) is 0 Å². The molecule has 0 radical (unpaired) electrons. The zero-order chi connectivity index (χ0) is 19.8. The van der Waals surface area contributed by atoms with Crippen LogP contribution in [0.3, 0.4) is 0 Å². The van der Waals surface area contributed by atoms with Crippen molar-refractivity contribution in [3.05, 3.63) is 90.3 Å². The summed E-state index contributed by atoms with van der Waals surface area (Å²) >= 11 is 0. The SMILES string of the molecule is CC(NC(=O)/C=C/c1ccccc1)C(=O)NCc1cnn(-c2ccccc2)c1. The van der Waals surface area contributed by atoms with Crippen molar-refractivity contribution < 1.29 is 9.59 Å². The molecular weight excluding hydrogens is 352 g/mol. The fraction of sp³-hybridized carbons (Fsp3) is 0.136. The molecule has 3 rings (SSSR count). The van der Waals surface area contributed by atoms with Gasteiger partial charge in [-0.3, -0.25) is 9.59 Å². The maximum absolute atomic E-state index is 12.2. The maximum atomic E-state index is 12.2. The van der Waals surface area contributed by atoms with E-state index in [0.717, 1.165) is 16.8 Å². The summed E-state index contributed by atoms with van der Waals surface area (Å²) < 4.78 is 1.75. The molecule has 0 aliphatic heterocycles. The summed E-state index contributed by atoms with van der Waals surface area (Å²) in [4.78, 5) is 24.2. The molecule has 3 aromatic rings. The van der Waals surface area contributed by atoms with Gasteiger partial charge in [-0.2, -0.15) is 5.10 Å². The second kappa shape index (κ2) is 9.32. The van der Waals surface area contributed by atoms with Crippen LogP contribution in [0.15, 0.2) is 79.1 Å². The number of benzene rings is 2. The molecule has 2 N–H and O–H groups in total. The van der Waals surface area contributed by atoms with Crippen LogP contribution in [0.2, 0.25) is 0 Å². The molecule has 0 bridgehead atoms. The van der Waals surface area contributed by atoms with E-state index in [-0.39, 0.29) is 11.8 Å². The number of nitrogens with zero attached hydrogens (tertiary/aromatic N) is 2. The average Bonchev–Trinajstić information content (AvgIpc) is 3.21. The topological polar surface area (TPSA) is 76.0 Å². The molecule has 6 heteroatoms. The van der Waals surface area contributed by atoms with Crippen LogP contribution in [-0.4, -0.2) is 27.6 Å². The molecule has 0 aliphatic rings. The van der Waals surface area contributed by atoms with E-state index in [1.54, 1.807) is 23.9 Å². The van der Waals surface area contributed by atoms with Crippen LogP contribution >= 0.6 is 0 Å². The summed E-state index contributed by atoms with van der Waals surface area (Å²) in [6, 6.07) is 18.6. The highest BCUT2D eigenvalue weighted by Crippen LogP contribution is 2.07. The molecule has 0 spiro atoms. The summed E-state index contributed by atoms with van der Waals surface area (Å²) in [5.41, 5.74) is 2.75. The van der Waals surface area contributed by atoms with Gasteiger partial charge in [-0.15, -0.1) is 0 Å². The highest BCUT2D eigenvalue weighted by atomic mass is 16.2. The lowest BCUT2D eigenvalue weighted by atomic mass is 10.2. The third-order valence-corrected chi connectivity index (χ3v) is 4.10. The van der Waals surface area contributed by atoms with E-state index in [0.29, 0.717) is 6.54 Å². The van der Waals surface area contributed by atoms with Crippen LogP contribution in [0, 0.1) is 0 Å². The van der Waals surface area contributed by atoms with Crippen LogP contribution in [0.5, 0.6) is 0 Å². The van der Waals surface area contributed by atoms with E-state index in [1.165, 1.54) is 6.08 Å². The Bertz CT molecular complexity index is 949. The minimum atomic E-state index is -0.642. The number of carbonyl (C=O) groups excluding carboxylic acids is 2. The molecule has 2 amide bonds. The number of hydrogen-bond donors (Lipinski definition) is 2. The molecular formula is C22H22N4O2. The zero-order valence-electron chi connectivity index (χ0n) is 15.6. The predicted octanol–water partition coefficient (Wildman–Crippen LogP) is 2.71. The molecule has 1 atom stereocenters. The van der Waals surface area contributed by atoms with Crippen molar-refractivity contribution >= 4 is 17.9 Å². The van der Waals surface area contributed by atoms with Gasteiger partial charge in [0.15, 0.2) is 0 Å². The standard InChI is InChI=1S/C22H22N4O2/c1-17(25-21(27)13-12-18-8-4-2-5-9-18)22(28)23-14-19-15-24-26(16-19)20-10-6-3-7-11-20/h2-13,15-17H,14H2,1H3,(H,23,28)(H,25,27)/b13-12+. The number of rotatable bonds is 7. The number of hydrogen-bond acceptors (Lipinski definition) is 3. The molecule has 142 valence electrons. The van der Waals surface area contributed by atoms with Gasteiger partial charge in [0.1, 0.15) is 6.04 Å². The van der Waals surface area contributed by atoms with E-state index in [4.69, 9.17) is 0 Å². The lowest BCUT2D eigenvalue weighted by Gasteiger charge is -2.12. The van der Waals surface area contributed by atoms with E-state index >= 15 is 0 Å². The van der Waals surface area contributed by atoms with Crippen molar-refractivity contribution in [1.29, 1.82) is 0 Å². The van der Waals surface area contributed by atoms with Gasteiger partial charge in [0.05, 0.1) is 11.9 Å². The second-order valence-electron chi connectivity index (χ2n) is 6.32. The fourth-order valence-electron chi connectivity index (χ4n) is 2.58. The van der Waals surface area contributed by atoms with Crippen molar-refractivity contribution in [1.82, 2.24) is 20.4 Å². The largest absolute Gasteiger partial charge is 0.350 e. The Balaban J connectivity index is 1.47. The van der Waals surface area contributed by atoms with Gasteiger partial charge in [-0.25, -0.2) is 4.68 Å². The third kappa shape index (κ3) is 5.41. The second-order valence-corrected chi connectivity index (χ2v) is 6.32. The van der Waals surface area contributed by atoms with Crippen LogP contribution in [0.1, 0.15) is 18.1 Å². The number of amides is 2. The van der Waals surface area contributed by atoms with Crippen LogP contribution in [0.25, 0.3) is 11.8 Å². The summed E-state index contributed by atoms with van der Waals surface area (Å²) in [5, 5.41) is 9.77. The van der Waals surface area contributed by atoms with Crippen LogP contribution in [0.4, 0.5) is 0 Å². The molecule has 1 aromatic heterocycles.